The van der Waals surface area contributed by atoms with E-state index in [1.54, 1.807) is 0 Å². The molecule has 0 radical (unpaired) electrons. The zero-order valence-corrected chi connectivity index (χ0v) is 14.9. The third kappa shape index (κ3) is 8.44. The molecular formula is C20H32O4. The molecular weight excluding hydrogens is 304 g/mol. The van der Waals surface area contributed by atoms with Crippen molar-refractivity contribution in [2.75, 3.05) is 0 Å². The van der Waals surface area contributed by atoms with Gasteiger partial charge >= 0.3 is 5.97 Å². The average molecular weight is 336 g/mol. The van der Waals surface area contributed by atoms with Crippen molar-refractivity contribution in [2.45, 2.75) is 90.1 Å². The maximum Gasteiger partial charge on any atom is 0.303 e. The molecule has 2 N–H and O–H groups in total. The van der Waals surface area contributed by atoms with Crippen LogP contribution in [0, 0.1) is 0 Å². The van der Waals surface area contributed by atoms with Crippen LogP contribution in [0.4, 0.5) is 0 Å². The Morgan fingerprint density at radius 3 is 2.67 bits per heavy atom. The molecule has 1 atom stereocenters. The van der Waals surface area contributed by atoms with Gasteiger partial charge in [0.05, 0.1) is 6.10 Å². The van der Waals surface area contributed by atoms with Gasteiger partial charge in [-0.15, -0.1) is 0 Å². The van der Waals surface area contributed by atoms with Gasteiger partial charge in [-0.05, 0) is 50.5 Å². The zero-order chi connectivity index (χ0) is 17.8. The molecule has 4 nitrogen and oxygen atoms in total. The van der Waals surface area contributed by atoms with E-state index in [2.05, 4.69) is 6.92 Å². The number of hydrogen-bond acceptors (Lipinski definition) is 3. The van der Waals surface area contributed by atoms with E-state index in [0.717, 1.165) is 56.9 Å². The summed E-state index contributed by atoms with van der Waals surface area (Å²) in [7, 11) is 0. The van der Waals surface area contributed by atoms with Crippen molar-refractivity contribution < 1.29 is 19.8 Å². The maximum atomic E-state index is 12.0. The topological polar surface area (TPSA) is 74.6 Å². The number of carbonyl (C=O) groups excluding carboxylic acids is 1. The van der Waals surface area contributed by atoms with Gasteiger partial charge in [0.2, 0.25) is 0 Å². The number of rotatable bonds is 13. The van der Waals surface area contributed by atoms with Gasteiger partial charge in [-0.1, -0.05) is 43.9 Å². The fourth-order valence-corrected chi connectivity index (χ4v) is 3.10. The molecule has 1 rings (SSSR count). The van der Waals surface area contributed by atoms with Crippen LogP contribution in [-0.4, -0.2) is 28.1 Å². The second-order valence-electron chi connectivity index (χ2n) is 6.66. The van der Waals surface area contributed by atoms with Crippen molar-refractivity contribution in [1.82, 2.24) is 0 Å². The summed E-state index contributed by atoms with van der Waals surface area (Å²) in [5.41, 5.74) is 2.13. The van der Waals surface area contributed by atoms with Gasteiger partial charge in [-0.3, -0.25) is 9.59 Å². The second-order valence-corrected chi connectivity index (χ2v) is 6.66. The largest absolute Gasteiger partial charge is 0.481 e. The maximum absolute atomic E-state index is 12.0. The molecule has 4 heteroatoms. The first-order valence-electron chi connectivity index (χ1n) is 9.33. The summed E-state index contributed by atoms with van der Waals surface area (Å²) in [6.45, 7) is 2.16. The molecule has 0 saturated heterocycles. The third-order valence-electron chi connectivity index (χ3n) is 4.59. The number of hydrogen-bond donors (Lipinski definition) is 2. The van der Waals surface area contributed by atoms with Crippen molar-refractivity contribution >= 4 is 11.8 Å². The smallest absolute Gasteiger partial charge is 0.303 e. The van der Waals surface area contributed by atoms with Crippen LogP contribution in [0.25, 0.3) is 0 Å². The highest BCUT2D eigenvalue weighted by Gasteiger charge is 2.22. The van der Waals surface area contributed by atoms with Gasteiger partial charge in [0.25, 0.3) is 0 Å². The van der Waals surface area contributed by atoms with E-state index >= 15 is 0 Å². The van der Waals surface area contributed by atoms with E-state index in [1.807, 2.05) is 12.2 Å². The van der Waals surface area contributed by atoms with Gasteiger partial charge in [-0.2, -0.15) is 0 Å². The lowest BCUT2D eigenvalue weighted by Crippen LogP contribution is -2.06. The first kappa shape index (κ1) is 20.6. The van der Waals surface area contributed by atoms with Crippen molar-refractivity contribution in [2.24, 2.45) is 0 Å². The molecule has 0 aromatic heterocycles. The summed E-state index contributed by atoms with van der Waals surface area (Å²) in [6.07, 6.45) is 13.2. The minimum absolute atomic E-state index is 0.188. The Morgan fingerprint density at radius 2 is 1.96 bits per heavy atom. The van der Waals surface area contributed by atoms with Crippen LogP contribution in [0.15, 0.2) is 23.3 Å². The van der Waals surface area contributed by atoms with Crippen LogP contribution in [-0.2, 0) is 9.59 Å². The van der Waals surface area contributed by atoms with Crippen LogP contribution in [0.5, 0.6) is 0 Å². The number of aliphatic hydroxyl groups excluding tert-OH is 1. The number of aliphatic hydroxyl groups is 1. The zero-order valence-electron chi connectivity index (χ0n) is 14.9. The average Bonchev–Trinajstić information content (AvgIpc) is 2.89. The fraction of sp³-hybridized carbons (Fsp3) is 0.700. The molecule has 0 bridgehead atoms. The lowest BCUT2D eigenvalue weighted by molar-refractivity contribution is -0.137. The minimum Gasteiger partial charge on any atom is -0.481 e. The fourth-order valence-electron chi connectivity index (χ4n) is 3.10. The quantitative estimate of drug-likeness (QED) is 0.382. The summed E-state index contributed by atoms with van der Waals surface area (Å²) >= 11 is 0. The first-order chi connectivity index (χ1) is 11.5. The molecule has 0 aromatic rings. The summed E-state index contributed by atoms with van der Waals surface area (Å²) in [6, 6.07) is 0. The van der Waals surface area contributed by atoms with E-state index in [0.29, 0.717) is 19.3 Å². The van der Waals surface area contributed by atoms with E-state index in [4.69, 9.17) is 5.11 Å². The number of allylic oxidation sites excluding steroid dienone is 4. The number of ketones is 1. The van der Waals surface area contributed by atoms with E-state index in [1.165, 1.54) is 5.57 Å². The molecule has 0 saturated carbocycles. The summed E-state index contributed by atoms with van der Waals surface area (Å²) in [4.78, 5) is 22.5. The van der Waals surface area contributed by atoms with E-state index in [9.17, 15) is 14.7 Å². The summed E-state index contributed by atoms with van der Waals surface area (Å²) in [5, 5.41) is 18.6. The number of carboxylic acids is 1. The first-order valence-corrected chi connectivity index (χ1v) is 9.33. The Labute approximate surface area is 145 Å². The molecule has 0 aromatic carbocycles. The molecule has 0 amide bonds. The highest BCUT2D eigenvalue weighted by atomic mass is 16.4. The van der Waals surface area contributed by atoms with Gasteiger partial charge in [-0.25, -0.2) is 0 Å². The van der Waals surface area contributed by atoms with Gasteiger partial charge in [0.1, 0.15) is 0 Å². The van der Waals surface area contributed by atoms with Crippen molar-refractivity contribution in [3.63, 3.8) is 0 Å². The molecule has 0 fully saturated rings. The molecule has 24 heavy (non-hydrogen) atoms. The minimum atomic E-state index is -0.767. The normalized spacial score (nSPS) is 16.3. The highest BCUT2D eigenvalue weighted by Crippen LogP contribution is 2.30. The van der Waals surface area contributed by atoms with Crippen molar-refractivity contribution in [3.05, 3.63) is 23.3 Å². The standard InChI is InChI=1S/C20H32O4/c1-2-3-6-9-17(21)14-12-16-13-15-19(22)18(16)10-7-4-5-8-11-20(23)24/h4,7,17,21H,2-3,5-6,8-15H2,1H3,(H,23,24)/b7-4+/t17-/m0/s1. The molecule has 1 aliphatic rings. The lowest BCUT2D eigenvalue weighted by atomic mass is 9.99. The van der Waals surface area contributed by atoms with Crippen molar-refractivity contribution in [3.8, 4) is 0 Å². The van der Waals surface area contributed by atoms with Crippen LogP contribution in [0.2, 0.25) is 0 Å². The monoisotopic (exact) mass is 336 g/mol. The second kappa shape index (κ2) is 12.0. The molecule has 1 aliphatic carbocycles. The number of aliphatic carboxylic acids is 1. The summed E-state index contributed by atoms with van der Waals surface area (Å²) < 4.78 is 0. The van der Waals surface area contributed by atoms with E-state index < -0.39 is 5.97 Å². The van der Waals surface area contributed by atoms with Crippen molar-refractivity contribution in [1.29, 1.82) is 0 Å². The SMILES string of the molecule is CCCCC[C@H](O)CCC1=C(C/C=C/CCCC(=O)O)C(=O)CC1. The van der Waals surface area contributed by atoms with Crippen LogP contribution in [0.3, 0.4) is 0 Å². The predicted molar refractivity (Wildman–Crippen MR) is 95.9 cm³/mol. The van der Waals surface area contributed by atoms with Crippen LogP contribution in [0.1, 0.15) is 84.0 Å². The highest BCUT2D eigenvalue weighted by molar-refractivity contribution is 5.98. The Balaban J connectivity index is 2.38. The third-order valence-corrected chi connectivity index (χ3v) is 4.59. The van der Waals surface area contributed by atoms with Gasteiger partial charge < -0.3 is 10.2 Å². The Bertz CT molecular complexity index is 462. The van der Waals surface area contributed by atoms with Gasteiger partial charge in [0, 0.05) is 12.8 Å². The molecule has 0 heterocycles. The van der Waals surface area contributed by atoms with Gasteiger partial charge in [0.15, 0.2) is 5.78 Å². The lowest BCUT2D eigenvalue weighted by Gasteiger charge is -2.11. The number of carboxylic acid groups (broad SMARTS) is 1. The summed E-state index contributed by atoms with van der Waals surface area (Å²) in [5.74, 6) is -0.530. The Hall–Kier alpha value is -1.42. The van der Waals surface area contributed by atoms with Crippen LogP contribution >= 0.6 is 0 Å². The van der Waals surface area contributed by atoms with E-state index in [-0.39, 0.29) is 18.3 Å². The number of carbonyl (C=O) groups is 2. The van der Waals surface area contributed by atoms with Crippen LogP contribution < -0.4 is 0 Å². The molecule has 136 valence electrons. The number of unbranched alkanes of at least 4 members (excludes halogenated alkanes) is 3. The number of Topliss-reactive ketones (excluding diaryl/α,β-unsaturated/α-hetero) is 1. The molecule has 0 spiro atoms. The predicted octanol–water partition coefficient (Wildman–Crippen LogP) is 4.57. The molecule has 0 unspecified atom stereocenters. The molecule has 0 aliphatic heterocycles. The Kier molecular flexibility index (Phi) is 10.3. The Morgan fingerprint density at radius 1 is 1.17 bits per heavy atom.